The maximum absolute atomic E-state index is 13.6. The van der Waals surface area contributed by atoms with E-state index >= 15 is 0 Å². The fourth-order valence-corrected chi connectivity index (χ4v) is 2.04. The average Bonchev–Trinajstić information content (AvgIpc) is 2.75. The van der Waals surface area contributed by atoms with Gasteiger partial charge in [-0.1, -0.05) is 29.8 Å². The molecule has 2 N–H and O–H groups in total. The topological polar surface area (TPSA) is 57.8 Å². The molecule has 0 aliphatic carbocycles. The van der Waals surface area contributed by atoms with E-state index in [0.29, 0.717) is 0 Å². The summed E-state index contributed by atoms with van der Waals surface area (Å²) in [6, 6.07) is 3.68. The van der Waals surface area contributed by atoms with Crippen LogP contribution in [-0.2, 0) is 0 Å². The Morgan fingerprint density at radius 2 is 1.90 bits per heavy atom. The molecule has 0 saturated heterocycles. The first-order valence-electron chi connectivity index (χ1n) is 5.89. The molecule has 0 unspecified atom stereocenters. The Labute approximate surface area is 122 Å². The summed E-state index contributed by atoms with van der Waals surface area (Å²) in [7, 11) is 0. The molecule has 1 aromatic heterocycles. The van der Waals surface area contributed by atoms with Gasteiger partial charge in [0.1, 0.15) is 17.2 Å². The van der Waals surface area contributed by atoms with Crippen molar-refractivity contribution >= 4 is 27.7 Å². The smallest absolute Gasteiger partial charge is 0.262 e. The Balaban J connectivity index is 2.24. The van der Waals surface area contributed by atoms with E-state index in [-0.39, 0.29) is 16.2 Å². The minimum Gasteiger partial charge on any atom is -0.305 e. The molecule has 0 spiro atoms. The van der Waals surface area contributed by atoms with Crippen LogP contribution in [0.4, 0.5) is 14.6 Å². The molecule has 0 atom stereocenters. The van der Waals surface area contributed by atoms with Crippen LogP contribution < -0.4 is 5.32 Å². The van der Waals surface area contributed by atoms with Crippen molar-refractivity contribution in [1.82, 2.24) is 10.2 Å². The van der Waals surface area contributed by atoms with Gasteiger partial charge in [0.25, 0.3) is 5.91 Å². The highest BCUT2D eigenvalue weighted by molar-refractivity contribution is 9.10. The zero-order valence-electron chi connectivity index (χ0n) is 10.8. The van der Waals surface area contributed by atoms with Gasteiger partial charge < -0.3 is 5.32 Å². The number of H-pyrrole nitrogens is 1. The summed E-state index contributed by atoms with van der Waals surface area (Å²) in [5.74, 6) is -2.33. The Morgan fingerprint density at radius 1 is 1.30 bits per heavy atom. The number of aromatic nitrogens is 2. The van der Waals surface area contributed by atoms with Crippen LogP contribution in [0, 0.1) is 11.6 Å². The minimum absolute atomic E-state index is 0.203. The number of nitrogens with one attached hydrogen (secondary N) is 2. The van der Waals surface area contributed by atoms with Crippen molar-refractivity contribution in [3.8, 4) is 0 Å². The van der Waals surface area contributed by atoms with Gasteiger partial charge in [0.15, 0.2) is 5.82 Å². The normalized spacial score (nSPS) is 10.9. The predicted octanol–water partition coefficient (Wildman–Crippen LogP) is 3.83. The lowest BCUT2D eigenvalue weighted by Crippen LogP contribution is -2.16. The summed E-state index contributed by atoms with van der Waals surface area (Å²) in [5.41, 5.74) is 0.180. The number of hydrogen-bond donors (Lipinski definition) is 2. The first kappa shape index (κ1) is 14.6. The van der Waals surface area contributed by atoms with Gasteiger partial charge in [-0.2, -0.15) is 5.10 Å². The summed E-state index contributed by atoms with van der Waals surface area (Å²) in [6.07, 6.45) is 0. The maximum atomic E-state index is 13.6. The highest BCUT2D eigenvalue weighted by atomic mass is 79.9. The molecule has 1 heterocycles. The van der Waals surface area contributed by atoms with E-state index in [0.717, 1.165) is 17.8 Å². The second kappa shape index (κ2) is 5.70. The molecule has 20 heavy (non-hydrogen) atoms. The van der Waals surface area contributed by atoms with Crippen molar-refractivity contribution in [2.45, 2.75) is 19.8 Å². The third kappa shape index (κ3) is 3.04. The molecule has 0 bridgehead atoms. The largest absolute Gasteiger partial charge is 0.305 e. The van der Waals surface area contributed by atoms with Gasteiger partial charge in [-0.05, 0) is 18.1 Å². The Morgan fingerprint density at radius 3 is 2.40 bits per heavy atom. The van der Waals surface area contributed by atoms with E-state index in [1.165, 1.54) is 0 Å². The van der Waals surface area contributed by atoms with Crippen LogP contribution in [0.5, 0.6) is 0 Å². The highest BCUT2D eigenvalue weighted by Crippen LogP contribution is 2.21. The molecule has 0 aliphatic rings. The van der Waals surface area contributed by atoms with E-state index in [4.69, 9.17) is 0 Å². The summed E-state index contributed by atoms with van der Waals surface area (Å²) >= 11 is 2.95. The van der Waals surface area contributed by atoms with E-state index in [2.05, 4.69) is 31.4 Å². The van der Waals surface area contributed by atoms with Crippen LogP contribution in [0.25, 0.3) is 0 Å². The van der Waals surface area contributed by atoms with Crippen LogP contribution >= 0.6 is 15.9 Å². The lowest BCUT2D eigenvalue weighted by atomic mass is 10.1. The molecule has 2 rings (SSSR count). The minimum atomic E-state index is -0.936. The fourth-order valence-electron chi connectivity index (χ4n) is 1.63. The van der Waals surface area contributed by atoms with Gasteiger partial charge in [0, 0.05) is 16.2 Å². The monoisotopic (exact) mass is 343 g/mol. The highest BCUT2D eigenvalue weighted by Gasteiger charge is 2.19. The van der Waals surface area contributed by atoms with Gasteiger partial charge in [-0.3, -0.25) is 9.89 Å². The summed E-state index contributed by atoms with van der Waals surface area (Å²) in [5, 5.41) is 8.97. The molecule has 7 heteroatoms. The first-order valence-corrected chi connectivity index (χ1v) is 6.69. The summed E-state index contributed by atoms with van der Waals surface area (Å²) in [4.78, 5) is 11.9. The number of amides is 1. The number of aromatic amines is 1. The maximum Gasteiger partial charge on any atom is 0.262 e. The van der Waals surface area contributed by atoms with Crippen molar-refractivity contribution < 1.29 is 13.6 Å². The van der Waals surface area contributed by atoms with Crippen molar-refractivity contribution in [2.75, 3.05) is 5.32 Å². The first-order chi connectivity index (χ1) is 9.38. The van der Waals surface area contributed by atoms with E-state index < -0.39 is 23.1 Å². The quantitative estimate of drug-likeness (QED) is 0.889. The van der Waals surface area contributed by atoms with Crippen LogP contribution in [0.1, 0.15) is 35.8 Å². The third-order valence-electron chi connectivity index (χ3n) is 2.70. The van der Waals surface area contributed by atoms with Crippen molar-refractivity contribution in [3.05, 3.63) is 45.6 Å². The number of halogens is 3. The second-order valence-electron chi connectivity index (χ2n) is 4.56. The van der Waals surface area contributed by atoms with Crippen LogP contribution in [0.15, 0.2) is 22.7 Å². The van der Waals surface area contributed by atoms with Gasteiger partial charge in [-0.15, -0.1) is 0 Å². The molecule has 1 aromatic carbocycles. The van der Waals surface area contributed by atoms with Crippen LogP contribution in [0.2, 0.25) is 0 Å². The predicted molar refractivity (Wildman–Crippen MR) is 74.7 cm³/mol. The number of carbonyl (C=O) groups is 1. The number of rotatable bonds is 3. The molecule has 4 nitrogen and oxygen atoms in total. The lowest BCUT2D eigenvalue weighted by Gasteiger charge is -2.05. The number of hydrogen-bond acceptors (Lipinski definition) is 2. The van der Waals surface area contributed by atoms with Crippen LogP contribution in [0.3, 0.4) is 0 Å². The second-order valence-corrected chi connectivity index (χ2v) is 5.48. The van der Waals surface area contributed by atoms with E-state index in [9.17, 15) is 13.6 Å². The molecule has 106 valence electrons. The standard InChI is InChI=1S/C13H12BrF2N3O/c1-6(2)10-5-11(19-18-10)17-13(20)12-8(15)3-7(14)4-9(12)16/h3-6H,1-2H3,(H2,17,18,19,20). The van der Waals surface area contributed by atoms with Crippen molar-refractivity contribution in [2.24, 2.45) is 0 Å². The van der Waals surface area contributed by atoms with Gasteiger partial charge >= 0.3 is 0 Å². The number of anilines is 1. The molecule has 1 amide bonds. The fraction of sp³-hybridized carbons (Fsp3) is 0.231. The molecule has 0 saturated carbocycles. The Bertz CT molecular complexity index is 632. The molecule has 0 radical (unpaired) electrons. The number of benzene rings is 1. The van der Waals surface area contributed by atoms with Gasteiger partial charge in [0.2, 0.25) is 0 Å². The lowest BCUT2D eigenvalue weighted by molar-refractivity contribution is 0.101. The molecule has 0 fully saturated rings. The SMILES string of the molecule is CC(C)c1cc(NC(=O)c2c(F)cc(Br)cc2F)n[nH]1. The molecule has 0 aliphatic heterocycles. The zero-order valence-corrected chi connectivity index (χ0v) is 12.4. The van der Waals surface area contributed by atoms with Crippen LogP contribution in [-0.4, -0.2) is 16.1 Å². The Kier molecular flexibility index (Phi) is 4.17. The number of carbonyl (C=O) groups excluding carboxylic acids is 1. The number of nitrogens with zero attached hydrogens (tertiary/aromatic N) is 1. The van der Waals surface area contributed by atoms with Crippen molar-refractivity contribution in [3.63, 3.8) is 0 Å². The van der Waals surface area contributed by atoms with Crippen molar-refractivity contribution in [1.29, 1.82) is 0 Å². The zero-order chi connectivity index (χ0) is 14.9. The molecule has 2 aromatic rings. The summed E-state index contributed by atoms with van der Waals surface area (Å²) < 4.78 is 27.5. The average molecular weight is 344 g/mol. The van der Waals surface area contributed by atoms with E-state index in [1.54, 1.807) is 6.07 Å². The van der Waals surface area contributed by atoms with E-state index in [1.807, 2.05) is 13.8 Å². The van der Waals surface area contributed by atoms with Gasteiger partial charge in [0.05, 0.1) is 0 Å². The molecular formula is C13H12BrF2N3O. The summed E-state index contributed by atoms with van der Waals surface area (Å²) in [6.45, 7) is 3.90. The third-order valence-corrected chi connectivity index (χ3v) is 3.15. The van der Waals surface area contributed by atoms with Gasteiger partial charge in [-0.25, -0.2) is 8.78 Å². The molecular weight excluding hydrogens is 332 g/mol. The Hall–Kier alpha value is -1.76.